The van der Waals surface area contributed by atoms with Crippen LogP contribution >= 0.6 is 0 Å². The SMILES string of the molecule is N[C@H](c1ccc(C(F)(F)F)cc1)C1CCOCC1. The van der Waals surface area contributed by atoms with E-state index in [-0.39, 0.29) is 12.0 Å². The van der Waals surface area contributed by atoms with Crippen molar-refractivity contribution in [3.63, 3.8) is 0 Å². The van der Waals surface area contributed by atoms with Crippen LogP contribution in [0.4, 0.5) is 13.2 Å². The number of ether oxygens (including phenoxy) is 1. The van der Waals surface area contributed by atoms with Crippen LogP contribution in [0.1, 0.15) is 30.0 Å². The summed E-state index contributed by atoms with van der Waals surface area (Å²) < 4.78 is 42.5. The molecular formula is C13H16F3NO. The van der Waals surface area contributed by atoms with Gasteiger partial charge in [-0.05, 0) is 36.5 Å². The van der Waals surface area contributed by atoms with Gasteiger partial charge in [0.1, 0.15) is 0 Å². The van der Waals surface area contributed by atoms with Gasteiger partial charge in [-0.3, -0.25) is 0 Å². The van der Waals surface area contributed by atoms with Crippen molar-refractivity contribution in [2.75, 3.05) is 13.2 Å². The zero-order valence-electron chi connectivity index (χ0n) is 9.91. The molecule has 0 aromatic heterocycles. The molecule has 0 unspecified atom stereocenters. The van der Waals surface area contributed by atoms with Crippen molar-refractivity contribution in [1.82, 2.24) is 0 Å². The summed E-state index contributed by atoms with van der Waals surface area (Å²) in [5, 5.41) is 0. The topological polar surface area (TPSA) is 35.2 Å². The van der Waals surface area contributed by atoms with Crippen molar-refractivity contribution < 1.29 is 17.9 Å². The van der Waals surface area contributed by atoms with Gasteiger partial charge in [0.25, 0.3) is 0 Å². The number of halogens is 3. The Morgan fingerprint density at radius 1 is 1.11 bits per heavy atom. The molecule has 0 aliphatic carbocycles. The predicted octanol–water partition coefficient (Wildman–Crippen LogP) is 3.13. The lowest BCUT2D eigenvalue weighted by atomic mass is 9.87. The summed E-state index contributed by atoms with van der Waals surface area (Å²) in [6.45, 7) is 1.36. The molecule has 5 heteroatoms. The van der Waals surface area contributed by atoms with E-state index in [0.29, 0.717) is 13.2 Å². The summed E-state index contributed by atoms with van der Waals surface area (Å²) in [6, 6.07) is 4.92. The molecule has 2 N–H and O–H groups in total. The number of alkyl halides is 3. The molecule has 1 aliphatic rings. The van der Waals surface area contributed by atoms with Crippen molar-refractivity contribution in [2.24, 2.45) is 11.7 Å². The third kappa shape index (κ3) is 3.03. The van der Waals surface area contributed by atoms with Crippen LogP contribution in [0.5, 0.6) is 0 Å². The molecule has 2 rings (SSSR count). The molecule has 0 saturated carbocycles. The van der Waals surface area contributed by atoms with E-state index in [1.807, 2.05) is 0 Å². The van der Waals surface area contributed by atoms with Crippen molar-refractivity contribution in [3.05, 3.63) is 35.4 Å². The highest BCUT2D eigenvalue weighted by Crippen LogP contribution is 2.32. The molecule has 1 aliphatic heterocycles. The van der Waals surface area contributed by atoms with Crippen LogP contribution in [-0.2, 0) is 10.9 Å². The third-order valence-corrected chi connectivity index (χ3v) is 3.40. The predicted molar refractivity (Wildman–Crippen MR) is 61.9 cm³/mol. The fraction of sp³-hybridized carbons (Fsp3) is 0.538. The molecule has 100 valence electrons. The minimum atomic E-state index is -4.29. The van der Waals surface area contributed by atoms with Gasteiger partial charge in [0.15, 0.2) is 0 Å². The summed E-state index contributed by atoms with van der Waals surface area (Å²) in [5.74, 6) is 0.287. The minimum absolute atomic E-state index is 0.212. The summed E-state index contributed by atoms with van der Waals surface area (Å²) >= 11 is 0. The fourth-order valence-corrected chi connectivity index (χ4v) is 2.24. The Labute approximate surface area is 104 Å². The quantitative estimate of drug-likeness (QED) is 0.885. The van der Waals surface area contributed by atoms with Gasteiger partial charge in [0, 0.05) is 19.3 Å². The van der Waals surface area contributed by atoms with Crippen molar-refractivity contribution >= 4 is 0 Å². The minimum Gasteiger partial charge on any atom is -0.381 e. The molecule has 18 heavy (non-hydrogen) atoms. The van der Waals surface area contributed by atoms with Crippen LogP contribution < -0.4 is 5.73 Å². The highest BCUT2D eigenvalue weighted by molar-refractivity contribution is 5.27. The normalized spacial score (nSPS) is 19.8. The molecule has 1 atom stereocenters. The molecule has 1 heterocycles. The zero-order valence-corrected chi connectivity index (χ0v) is 9.91. The lowest BCUT2D eigenvalue weighted by Gasteiger charge is -2.28. The number of rotatable bonds is 2. The second-order valence-corrected chi connectivity index (χ2v) is 4.60. The monoisotopic (exact) mass is 259 g/mol. The van der Waals surface area contributed by atoms with E-state index in [4.69, 9.17) is 10.5 Å². The lowest BCUT2D eigenvalue weighted by Crippen LogP contribution is -2.27. The molecule has 0 radical (unpaired) electrons. The fourth-order valence-electron chi connectivity index (χ4n) is 2.24. The summed E-state index contributed by atoms with van der Waals surface area (Å²) in [5.41, 5.74) is 6.22. The maximum atomic E-state index is 12.4. The van der Waals surface area contributed by atoms with E-state index in [0.717, 1.165) is 30.5 Å². The first-order valence-corrected chi connectivity index (χ1v) is 5.99. The van der Waals surface area contributed by atoms with Crippen LogP contribution in [-0.4, -0.2) is 13.2 Å². The molecule has 0 amide bonds. The van der Waals surface area contributed by atoms with Crippen LogP contribution in [0.2, 0.25) is 0 Å². The second kappa shape index (κ2) is 5.28. The number of hydrogen-bond acceptors (Lipinski definition) is 2. The van der Waals surface area contributed by atoms with Crippen LogP contribution in [0.15, 0.2) is 24.3 Å². The van der Waals surface area contributed by atoms with Crippen molar-refractivity contribution in [3.8, 4) is 0 Å². The molecule has 0 spiro atoms. The van der Waals surface area contributed by atoms with Crippen LogP contribution in [0, 0.1) is 5.92 Å². The van der Waals surface area contributed by atoms with E-state index in [1.165, 1.54) is 12.1 Å². The summed E-state index contributed by atoms with van der Waals surface area (Å²) in [6.07, 6.45) is -2.56. The highest BCUT2D eigenvalue weighted by Gasteiger charge is 2.30. The van der Waals surface area contributed by atoms with Gasteiger partial charge < -0.3 is 10.5 Å². The van der Waals surface area contributed by atoms with Gasteiger partial charge in [0.05, 0.1) is 5.56 Å². The Hall–Kier alpha value is -1.07. The largest absolute Gasteiger partial charge is 0.416 e. The van der Waals surface area contributed by atoms with E-state index in [1.54, 1.807) is 0 Å². The summed E-state index contributed by atoms with van der Waals surface area (Å²) in [4.78, 5) is 0. The lowest BCUT2D eigenvalue weighted by molar-refractivity contribution is -0.137. The first-order valence-electron chi connectivity index (χ1n) is 5.99. The Kier molecular flexibility index (Phi) is 3.92. The van der Waals surface area contributed by atoms with E-state index in [9.17, 15) is 13.2 Å². The molecule has 1 aromatic carbocycles. The van der Waals surface area contributed by atoms with Crippen LogP contribution in [0.3, 0.4) is 0 Å². The average Bonchev–Trinajstić information content (AvgIpc) is 2.38. The maximum Gasteiger partial charge on any atom is 0.416 e. The number of nitrogens with two attached hydrogens (primary N) is 1. The number of hydrogen-bond donors (Lipinski definition) is 1. The second-order valence-electron chi connectivity index (χ2n) is 4.60. The van der Waals surface area contributed by atoms with Gasteiger partial charge in [-0.25, -0.2) is 0 Å². The Morgan fingerprint density at radius 2 is 1.67 bits per heavy atom. The van der Waals surface area contributed by atoms with Crippen molar-refractivity contribution in [1.29, 1.82) is 0 Å². The molecule has 1 aromatic rings. The van der Waals surface area contributed by atoms with E-state index < -0.39 is 11.7 Å². The van der Waals surface area contributed by atoms with Crippen molar-refractivity contribution in [2.45, 2.75) is 25.1 Å². The van der Waals surface area contributed by atoms with Gasteiger partial charge in [0.2, 0.25) is 0 Å². The first kappa shape index (κ1) is 13.4. The van der Waals surface area contributed by atoms with Gasteiger partial charge >= 0.3 is 6.18 Å². The van der Waals surface area contributed by atoms with Crippen LogP contribution in [0.25, 0.3) is 0 Å². The Bertz CT molecular complexity index is 382. The Morgan fingerprint density at radius 3 is 2.17 bits per heavy atom. The first-order chi connectivity index (χ1) is 8.48. The molecule has 0 bridgehead atoms. The molecular weight excluding hydrogens is 243 g/mol. The molecule has 2 nitrogen and oxygen atoms in total. The molecule has 1 fully saturated rings. The zero-order chi connectivity index (χ0) is 13.2. The highest BCUT2D eigenvalue weighted by atomic mass is 19.4. The van der Waals surface area contributed by atoms with Gasteiger partial charge in [-0.2, -0.15) is 13.2 Å². The third-order valence-electron chi connectivity index (χ3n) is 3.40. The smallest absolute Gasteiger partial charge is 0.381 e. The standard InChI is InChI=1S/C13H16F3NO/c14-13(15,16)11-3-1-9(2-4-11)12(17)10-5-7-18-8-6-10/h1-4,10,12H,5-8,17H2/t12-/m1/s1. The van der Waals surface area contributed by atoms with Gasteiger partial charge in [-0.15, -0.1) is 0 Å². The number of benzene rings is 1. The van der Waals surface area contributed by atoms with E-state index >= 15 is 0 Å². The van der Waals surface area contributed by atoms with E-state index in [2.05, 4.69) is 0 Å². The van der Waals surface area contributed by atoms with Gasteiger partial charge in [-0.1, -0.05) is 12.1 Å². The molecule has 1 saturated heterocycles. The average molecular weight is 259 g/mol. The summed E-state index contributed by atoms with van der Waals surface area (Å²) in [7, 11) is 0. The Balaban J connectivity index is 2.09. The maximum absolute atomic E-state index is 12.4.